The minimum atomic E-state index is -1.14. The van der Waals surface area contributed by atoms with Crippen LogP contribution in [-0.4, -0.2) is 30.4 Å². The van der Waals surface area contributed by atoms with Gasteiger partial charge in [-0.3, -0.25) is 0 Å². The highest BCUT2D eigenvalue weighted by atomic mass is 19.1. The van der Waals surface area contributed by atoms with Gasteiger partial charge >= 0.3 is 5.97 Å². The average Bonchev–Trinajstić information content (AvgIpc) is 2.48. The predicted molar refractivity (Wildman–Crippen MR) is 75.9 cm³/mol. The Morgan fingerprint density at radius 1 is 1.33 bits per heavy atom. The molecular weight excluding hydrogens is 275 g/mol. The van der Waals surface area contributed by atoms with Crippen molar-refractivity contribution in [2.24, 2.45) is 0 Å². The molecule has 0 aromatic heterocycles. The number of unbranched alkanes of at least 4 members (excludes halogenated alkanes) is 2. The van der Waals surface area contributed by atoms with Gasteiger partial charge in [0, 0.05) is 5.56 Å². The molecule has 2 unspecified atom stereocenters. The third-order valence-electron chi connectivity index (χ3n) is 3.69. The van der Waals surface area contributed by atoms with E-state index in [1.165, 1.54) is 18.6 Å². The quantitative estimate of drug-likeness (QED) is 0.815. The van der Waals surface area contributed by atoms with Crippen molar-refractivity contribution in [3.8, 4) is 0 Å². The van der Waals surface area contributed by atoms with Crippen molar-refractivity contribution >= 4 is 5.97 Å². The zero-order chi connectivity index (χ0) is 15.2. The molecule has 1 aromatic carbocycles. The maximum atomic E-state index is 13.9. The fourth-order valence-electron chi connectivity index (χ4n) is 2.43. The zero-order valence-electron chi connectivity index (χ0n) is 12.2. The number of ether oxygens (including phenoxy) is 2. The molecule has 1 saturated heterocycles. The first-order chi connectivity index (χ1) is 10.1. The lowest BCUT2D eigenvalue weighted by atomic mass is 10.0. The first-order valence-electron chi connectivity index (χ1n) is 7.37. The molecule has 1 fully saturated rings. The summed E-state index contributed by atoms with van der Waals surface area (Å²) in [7, 11) is 0. The fourth-order valence-corrected chi connectivity index (χ4v) is 2.43. The SMILES string of the molecule is CCCCCC1COC(c2ccc(C(=O)O)cc2F)CO1. The smallest absolute Gasteiger partial charge is 0.335 e. The average molecular weight is 296 g/mol. The molecule has 0 saturated carbocycles. The lowest BCUT2D eigenvalue weighted by molar-refractivity contribution is -0.138. The van der Waals surface area contributed by atoms with Crippen LogP contribution in [0, 0.1) is 5.82 Å². The van der Waals surface area contributed by atoms with Crippen LogP contribution in [0.4, 0.5) is 4.39 Å². The predicted octanol–water partition coefficient (Wildman–Crippen LogP) is 3.56. The van der Waals surface area contributed by atoms with Gasteiger partial charge in [0.25, 0.3) is 0 Å². The van der Waals surface area contributed by atoms with E-state index in [2.05, 4.69) is 6.92 Å². The molecule has 1 aromatic rings. The Kier molecular flexibility index (Phi) is 5.70. The van der Waals surface area contributed by atoms with Crippen molar-refractivity contribution in [3.63, 3.8) is 0 Å². The summed E-state index contributed by atoms with van der Waals surface area (Å²) in [6.45, 7) is 2.91. The minimum Gasteiger partial charge on any atom is -0.478 e. The van der Waals surface area contributed by atoms with Gasteiger partial charge in [0.1, 0.15) is 11.9 Å². The van der Waals surface area contributed by atoms with Crippen LogP contribution < -0.4 is 0 Å². The Morgan fingerprint density at radius 2 is 2.14 bits per heavy atom. The molecule has 116 valence electrons. The Bertz CT molecular complexity index is 481. The molecule has 2 rings (SSSR count). The molecule has 1 aliphatic heterocycles. The van der Waals surface area contributed by atoms with Gasteiger partial charge in [-0.25, -0.2) is 9.18 Å². The summed E-state index contributed by atoms with van der Waals surface area (Å²) in [5.41, 5.74) is 0.289. The summed E-state index contributed by atoms with van der Waals surface area (Å²) in [5, 5.41) is 8.83. The van der Waals surface area contributed by atoms with Gasteiger partial charge in [-0.2, -0.15) is 0 Å². The number of aromatic carboxylic acids is 1. The van der Waals surface area contributed by atoms with Gasteiger partial charge in [-0.15, -0.1) is 0 Å². The number of carboxylic acids is 1. The monoisotopic (exact) mass is 296 g/mol. The fraction of sp³-hybridized carbons (Fsp3) is 0.562. The van der Waals surface area contributed by atoms with E-state index < -0.39 is 17.9 Å². The second kappa shape index (κ2) is 7.52. The number of carboxylic acid groups (broad SMARTS) is 1. The van der Waals surface area contributed by atoms with Crippen molar-refractivity contribution in [1.82, 2.24) is 0 Å². The molecule has 5 heteroatoms. The van der Waals surface area contributed by atoms with Crippen molar-refractivity contribution in [2.45, 2.75) is 44.8 Å². The first kappa shape index (κ1) is 15.9. The molecule has 2 atom stereocenters. The van der Waals surface area contributed by atoms with Crippen LogP contribution in [-0.2, 0) is 9.47 Å². The zero-order valence-corrected chi connectivity index (χ0v) is 12.2. The summed E-state index contributed by atoms with van der Waals surface area (Å²) in [6.07, 6.45) is 4.02. The van der Waals surface area contributed by atoms with E-state index in [-0.39, 0.29) is 11.7 Å². The number of halogens is 1. The van der Waals surface area contributed by atoms with Gasteiger partial charge in [-0.1, -0.05) is 32.3 Å². The maximum absolute atomic E-state index is 13.9. The van der Waals surface area contributed by atoms with Crippen LogP contribution in [0.5, 0.6) is 0 Å². The van der Waals surface area contributed by atoms with E-state index in [9.17, 15) is 9.18 Å². The van der Waals surface area contributed by atoms with Gasteiger partial charge in [0.15, 0.2) is 0 Å². The van der Waals surface area contributed by atoms with E-state index in [4.69, 9.17) is 14.6 Å². The lowest BCUT2D eigenvalue weighted by Crippen LogP contribution is -2.31. The van der Waals surface area contributed by atoms with Gasteiger partial charge in [0.05, 0.1) is 24.9 Å². The van der Waals surface area contributed by atoms with Crippen LogP contribution >= 0.6 is 0 Å². The number of rotatable bonds is 6. The molecule has 1 heterocycles. The summed E-state index contributed by atoms with van der Waals surface area (Å²) in [5.74, 6) is -1.70. The van der Waals surface area contributed by atoms with Crippen molar-refractivity contribution < 1.29 is 23.8 Å². The number of carbonyl (C=O) groups is 1. The molecule has 0 radical (unpaired) electrons. The summed E-state index contributed by atoms with van der Waals surface area (Å²) < 4.78 is 25.3. The first-order valence-corrected chi connectivity index (χ1v) is 7.37. The van der Waals surface area contributed by atoms with E-state index in [1.807, 2.05) is 0 Å². The third-order valence-corrected chi connectivity index (χ3v) is 3.69. The topological polar surface area (TPSA) is 55.8 Å². The van der Waals surface area contributed by atoms with Crippen LogP contribution in [0.2, 0.25) is 0 Å². The summed E-state index contributed by atoms with van der Waals surface area (Å²) >= 11 is 0. The normalized spacial score (nSPS) is 22.2. The number of benzene rings is 1. The lowest BCUT2D eigenvalue weighted by Gasteiger charge is -2.30. The molecule has 1 aliphatic rings. The van der Waals surface area contributed by atoms with Gasteiger partial charge < -0.3 is 14.6 Å². The highest BCUT2D eigenvalue weighted by Gasteiger charge is 2.25. The van der Waals surface area contributed by atoms with Crippen LogP contribution in [0.15, 0.2) is 18.2 Å². The largest absolute Gasteiger partial charge is 0.478 e. The van der Waals surface area contributed by atoms with E-state index in [0.717, 1.165) is 25.3 Å². The van der Waals surface area contributed by atoms with E-state index in [0.29, 0.717) is 18.8 Å². The Hall–Kier alpha value is -1.46. The summed E-state index contributed by atoms with van der Waals surface area (Å²) in [4.78, 5) is 10.8. The van der Waals surface area contributed by atoms with Crippen LogP contribution in [0.1, 0.15) is 54.6 Å². The highest BCUT2D eigenvalue weighted by Crippen LogP contribution is 2.27. The van der Waals surface area contributed by atoms with Crippen molar-refractivity contribution in [1.29, 1.82) is 0 Å². The van der Waals surface area contributed by atoms with Crippen molar-refractivity contribution in [3.05, 3.63) is 35.1 Å². The second-order valence-corrected chi connectivity index (χ2v) is 5.31. The van der Waals surface area contributed by atoms with Gasteiger partial charge in [-0.05, 0) is 18.6 Å². The Balaban J connectivity index is 1.91. The second-order valence-electron chi connectivity index (χ2n) is 5.31. The minimum absolute atomic E-state index is 0.0644. The van der Waals surface area contributed by atoms with Crippen LogP contribution in [0.25, 0.3) is 0 Å². The molecule has 0 amide bonds. The molecule has 0 spiro atoms. The maximum Gasteiger partial charge on any atom is 0.335 e. The Labute approximate surface area is 123 Å². The van der Waals surface area contributed by atoms with Crippen molar-refractivity contribution in [2.75, 3.05) is 13.2 Å². The van der Waals surface area contributed by atoms with Gasteiger partial charge in [0.2, 0.25) is 0 Å². The molecule has 0 aliphatic carbocycles. The molecule has 0 bridgehead atoms. The molecule has 1 N–H and O–H groups in total. The molecule has 21 heavy (non-hydrogen) atoms. The number of hydrogen-bond donors (Lipinski definition) is 1. The third kappa shape index (κ3) is 4.25. The molecular formula is C16H21FO4. The highest BCUT2D eigenvalue weighted by molar-refractivity contribution is 5.87. The Morgan fingerprint density at radius 3 is 2.71 bits per heavy atom. The van der Waals surface area contributed by atoms with Crippen LogP contribution in [0.3, 0.4) is 0 Å². The van der Waals surface area contributed by atoms with E-state index >= 15 is 0 Å². The number of hydrogen-bond acceptors (Lipinski definition) is 3. The molecule has 4 nitrogen and oxygen atoms in total. The summed E-state index contributed by atoms with van der Waals surface area (Å²) in [6, 6.07) is 3.87. The van der Waals surface area contributed by atoms with E-state index in [1.54, 1.807) is 0 Å². The standard InChI is InChI=1S/C16H21FO4/c1-2-3-4-5-12-9-21-15(10-20-12)13-7-6-11(16(18)19)8-14(13)17/h6-8,12,15H,2-5,9-10H2,1H3,(H,18,19).